The number of carbonyl (C=O) groups excluding carboxylic acids is 2. The number of benzene rings is 2. The van der Waals surface area contributed by atoms with E-state index in [-0.39, 0.29) is 46.4 Å². The Morgan fingerprint density at radius 2 is 1.74 bits per heavy atom. The maximum Gasteiger partial charge on any atom is 0.410 e. The molecule has 2 aromatic carbocycles. The number of nitrogens with zero attached hydrogens (tertiary/aromatic N) is 3. The standard InChI is InChI=1S/C28H34N4O7/c1-28(2,3)38-27(36)32-12-10-17(11-13-32)29-26(35)24-16-21(30-39-24)25-22(34)14-19(33)15-23(25)37-20-8-6-18(7-9-20)31(4)5/h6-9,14-17,33-34H,10-13H2,1-5H3,(H,29,35). The molecule has 2 heterocycles. The van der Waals surface area contributed by atoms with Crippen LogP contribution in [0.1, 0.15) is 44.2 Å². The van der Waals surface area contributed by atoms with Crippen molar-refractivity contribution >= 4 is 17.7 Å². The van der Waals surface area contributed by atoms with Gasteiger partial charge in [-0.25, -0.2) is 4.79 Å². The molecule has 1 aromatic heterocycles. The molecule has 11 nitrogen and oxygen atoms in total. The van der Waals surface area contributed by atoms with Crippen molar-refractivity contribution in [2.45, 2.75) is 45.3 Å². The van der Waals surface area contributed by atoms with Crippen LogP contribution in [0.15, 0.2) is 47.0 Å². The summed E-state index contributed by atoms with van der Waals surface area (Å²) in [7, 11) is 3.85. The summed E-state index contributed by atoms with van der Waals surface area (Å²) in [5, 5.41) is 27.5. The van der Waals surface area contributed by atoms with Gasteiger partial charge in [-0.1, -0.05) is 5.16 Å². The molecule has 3 aromatic rings. The summed E-state index contributed by atoms with van der Waals surface area (Å²) >= 11 is 0. The molecule has 11 heteroatoms. The second kappa shape index (κ2) is 11.1. The highest BCUT2D eigenvalue weighted by molar-refractivity contribution is 5.93. The first-order chi connectivity index (χ1) is 18.4. The first-order valence-electron chi connectivity index (χ1n) is 12.7. The predicted molar refractivity (Wildman–Crippen MR) is 144 cm³/mol. The van der Waals surface area contributed by atoms with Crippen LogP contribution < -0.4 is 15.0 Å². The molecule has 39 heavy (non-hydrogen) atoms. The van der Waals surface area contributed by atoms with Crippen LogP contribution in [0.3, 0.4) is 0 Å². The number of nitrogens with one attached hydrogen (secondary N) is 1. The van der Waals surface area contributed by atoms with E-state index in [4.69, 9.17) is 14.0 Å². The fourth-order valence-electron chi connectivity index (χ4n) is 4.15. The minimum atomic E-state index is -0.570. The van der Waals surface area contributed by atoms with E-state index in [1.54, 1.807) is 17.0 Å². The summed E-state index contributed by atoms with van der Waals surface area (Å²) in [6, 6.07) is 11.0. The molecule has 0 radical (unpaired) electrons. The number of ether oxygens (including phenoxy) is 2. The number of carbonyl (C=O) groups is 2. The van der Waals surface area contributed by atoms with Crippen molar-refractivity contribution in [1.29, 1.82) is 0 Å². The number of phenolic OH excluding ortho intramolecular Hbond substituents is 2. The third-order valence-electron chi connectivity index (χ3n) is 6.12. The molecule has 0 unspecified atom stereocenters. The monoisotopic (exact) mass is 538 g/mol. The molecule has 3 N–H and O–H groups in total. The number of likely N-dealkylation sites (tertiary alicyclic amines) is 1. The first-order valence-corrected chi connectivity index (χ1v) is 12.7. The number of piperidine rings is 1. The number of anilines is 1. The van der Waals surface area contributed by atoms with Crippen molar-refractivity contribution in [1.82, 2.24) is 15.4 Å². The van der Waals surface area contributed by atoms with Gasteiger partial charge in [-0.3, -0.25) is 4.79 Å². The highest BCUT2D eigenvalue weighted by Gasteiger charge is 2.29. The van der Waals surface area contributed by atoms with E-state index in [0.29, 0.717) is 31.7 Å². The second-order valence-electron chi connectivity index (χ2n) is 10.6. The average Bonchev–Trinajstić information content (AvgIpc) is 3.33. The summed E-state index contributed by atoms with van der Waals surface area (Å²) in [5.74, 6) is -0.385. The fraction of sp³-hybridized carbons (Fsp3) is 0.393. The SMILES string of the molecule is CN(C)c1ccc(Oc2cc(O)cc(O)c2-c2cc(C(=O)NC3CCN(C(=O)OC(C)(C)C)CC3)on2)cc1. The molecule has 0 atom stereocenters. The van der Waals surface area contributed by atoms with E-state index in [2.05, 4.69) is 10.5 Å². The van der Waals surface area contributed by atoms with Crippen molar-refractivity contribution in [3.63, 3.8) is 0 Å². The summed E-state index contributed by atoms with van der Waals surface area (Å²) < 4.78 is 16.7. The zero-order valence-corrected chi connectivity index (χ0v) is 22.7. The molecule has 0 aliphatic carbocycles. The van der Waals surface area contributed by atoms with E-state index >= 15 is 0 Å². The Balaban J connectivity index is 1.44. The topological polar surface area (TPSA) is 138 Å². The molecule has 0 spiro atoms. The van der Waals surface area contributed by atoms with Crippen LogP contribution in [-0.2, 0) is 4.74 Å². The van der Waals surface area contributed by atoms with Crippen molar-refractivity contribution in [3.05, 3.63) is 48.2 Å². The highest BCUT2D eigenvalue weighted by atomic mass is 16.6. The number of amides is 2. The van der Waals surface area contributed by atoms with Gasteiger partial charge in [0.2, 0.25) is 5.76 Å². The summed E-state index contributed by atoms with van der Waals surface area (Å²) in [6.45, 7) is 6.37. The molecule has 208 valence electrons. The Morgan fingerprint density at radius 1 is 1.08 bits per heavy atom. The van der Waals surface area contributed by atoms with Crippen LogP contribution in [0.5, 0.6) is 23.0 Å². The predicted octanol–water partition coefficient (Wildman–Crippen LogP) is 4.74. The smallest absolute Gasteiger partial charge is 0.410 e. The van der Waals surface area contributed by atoms with E-state index in [1.807, 2.05) is 51.9 Å². The lowest BCUT2D eigenvalue weighted by Gasteiger charge is -2.33. The summed E-state index contributed by atoms with van der Waals surface area (Å²) in [6.07, 6.45) is 0.762. The lowest BCUT2D eigenvalue weighted by molar-refractivity contribution is 0.0199. The van der Waals surface area contributed by atoms with Crippen LogP contribution in [0.4, 0.5) is 10.5 Å². The van der Waals surface area contributed by atoms with Gasteiger partial charge >= 0.3 is 6.09 Å². The van der Waals surface area contributed by atoms with Crippen molar-refractivity contribution in [3.8, 4) is 34.3 Å². The van der Waals surface area contributed by atoms with Gasteiger partial charge in [-0.2, -0.15) is 0 Å². The van der Waals surface area contributed by atoms with E-state index < -0.39 is 11.5 Å². The molecule has 1 aliphatic rings. The van der Waals surface area contributed by atoms with Crippen molar-refractivity contribution in [2.24, 2.45) is 0 Å². The molecule has 0 saturated carbocycles. The normalized spacial score (nSPS) is 14.1. The Kier molecular flexibility index (Phi) is 7.89. The third-order valence-corrected chi connectivity index (χ3v) is 6.12. The Bertz CT molecular complexity index is 1320. The van der Waals surface area contributed by atoms with Gasteiger partial charge in [-0.05, 0) is 57.9 Å². The minimum absolute atomic E-state index is 0.0478. The maximum absolute atomic E-state index is 12.9. The van der Waals surface area contributed by atoms with Gasteiger partial charge in [0.05, 0.1) is 5.56 Å². The van der Waals surface area contributed by atoms with E-state index in [1.165, 1.54) is 12.1 Å². The minimum Gasteiger partial charge on any atom is -0.508 e. The third kappa shape index (κ3) is 6.92. The van der Waals surface area contributed by atoms with Crippen molar-refractivity contribution in [2.75, 3.05) is 32.1 Å². The fourth-order valence-corrected chi connectivity index (χ4v) is 4.15. The molecule has 1 saturated heterocycles. The van der Waals surface area contributed by atoms with Crippen LogP contribution >= 0.6 is 0 Å². The Labute approximate surface area is 226 Å². The quantitative estimate of drug-likeness (QED) is 0.406. The molecule has 4 rings (SSSR count). The number of rotatable bonds is 6. The number of phenols is 2. The largest absolute Gasteiger partial charge is 0.508 e. The molecule has 1 aliphatic heterocycles. The number of aromatic hydroxyl groups is 2. The summed E-state index contributed by atoms with van der Waals surface area (Å²) in [4.78, 5) is 28.7. The van der Waals surface area contributed by atoms with Crippen molar-refractivity contribution < 1.29 is 33.8 Å². The Morgan fingerprint density at radius 3 is 2.36 bits per heavy atom. The van der Waals surface area contributed by atoms with Crippen LogP contribution in [0.25, 0.3) is 11.3 Å². The number of hydrogen-bond acceptors (Lipinski definition) is 9. The molecular weight excluding hydrogens is 504 g/mol. The van der Waals surface area contributed by atoms with Gasteiger partial charge in [0.15, 0.2) is 0 Å². The number of aromatic nitrogens is 1. The lowest BCUT2D eigenvalue weighted by Crippen LogP contribution is -2.47. The highest BCUT2D eigenvalue weighted by Crippen LogP contribution is 2.42. The zero-order chi connectivity index (χ0) is 28.3. The van der Waals surface area contributed by atoms with Gasteiger partial charge < -0.3 is 39.3 Å². The molecule has 1 fully saturated rings. The van der Waals surface area contributed by atoms with Crippen LogP contribution in [0, 0.1) is 0 Å². The molecule has 0 bridgehead atoms. The average molecular weight is 539 g/mol. The molecule has 2 amide bonds. The van der Waals surface area contributed by atoms with Gasteiger partial charge in [0.25, 0.3) is 5.91 Å². The van der Waals surface area contributed by atoms with Crippen LogP contribution in [0.2, 0.25) is 0 Å². The van der Waals surface area contributed by atoms with E-state index in [0.717, 1.165) is 11.8 Å². The first kappa shape index (κ1) is 27.6. The van der Waals surface area contributed by atoms with Gasteiger partial charge in [-0.15, -0.1) is 0 Å². The second-order valence-corrected chi connectivity index (χ2v) is 10.6. The zero-order valence-electron chi connectivity index (χ0n) is 22.7. The number of hydrogen-bond donors (Lipinski definition) is 3. The van der Waals surface area contributed by atoms with Crippen LogP contribution in [-0.4, -0.2) is 71.1 Å². The van der Waals surface area contributed by atoms with Gasteiger partial charge in [0, 0.05) is 57.1 Å². The summed E-state index contributed by atoms with van der Waals surface area (Å²) in [5.41, 5.74) is 0.735. The Hall–Kier alpha value is -4.41. The van der Waals surface area contributed by atoms with Gasteiger partial charge in [0.1, 0.15) is 34.3 Å². The lowest BCUT2D eigenvalue weighted by atomic mass is 10.0. The van der Waals surface area contributed by atoms with E-state index in [9.17, 15) is 19.8 Å². The maximum atomic E-state index is 12.9. The molecular formula is C28H34N4O7.